The molecule has 34 heavy (non-hydrogen) atoms. The topological polar surface area (TPSA) is 66.4 Å². The lowest BCUT2D eigenvalue weighted by Crippen LogP contribution is -2.48. The van der Waals surface area contributed by atoms with E-state index in [0.717, 1.165) is 37.6 Å². The maximum Gasteiger partial charge on any atom is 0.229 e. The molecule has 9 nitrogen and oxygen atoms in total. The molecule has 0 amide bonds. The van der Waals surface area contributed by atoms with Gasteiger partial charge in [0.15, 0.2) is 11.6 Å². The summed E-state index contributed by atoms with van der Waals surface area (Å²) in [5.74, 6) is 1.89. The number of morpholine rings is 2. The number of ether oxygens (including phenoxy) is 3. The van der Waals surface area contributed by atoms with Crippen molar-refractivity contribution in [1.29, 1.82) is 0 Å². The Hall–Kier alpha value is -2.85. The second-order valence-corrected chi connectivity index (χ2v) is 8.56. The van der Waals surface area contributed by atoms with Crippen molar-refractivity contribution in [2.24, 2.45) is 0 Å². The van der Waals surface area contributed by atoms with E-state index in [9.17, 15) is 0 Å². The number of hydrogen-bond acceptors (Lipinski definition) is 9. The number of halogens is 1. The minimum Gasteiger partial charge on any atom is -0.492 e. The Morgan fingerprint density at radius 2 is 1.29 bits per heavy atom. The van der Waals surface area contributed by atoms with Crippen molar-refractivity contribution in [3.05, 3.63) is 30.1 Å². The summed E-state index contributed by atoms with van der Waals surface area (Å²) in [5.41, 5.74) is 1.10. The molecule has 4 heterocycles. The molecule has 3 aliphatic rings. The van der Waals surface area contributed by atoms with E-state index in [-0.39, 0.29) is 5.82 Å². The van der Waals surface area contributed by atoms with Crippen LogP contribution in [0.4, 0.5) is 27.7 Å². The van der Waals surface area contributed by atoms with Gasteiger partial charge in [-0.1, -0.05) is 12.1 Å². The zero-order valence-corrected chi connectivity index (χ0v) is 19.8. The van der Waals surface area contributed by atoms with Crippen LogP contribution in [0, 0.1) is 5.82 Å². The smallest absolute Gasteiger partial charge is 0.229 e. The van der Waals surface area contributed by atoms with Gasteiger partial charge in [0.05, 0.1) is 38.7 Å². The molecule has 0 radical (unpaired) electrons. The highest BCUT2D eigenvalue weighted by Crippen LogP contribution is 2.32. The van der Waals surface area contributed by atoms with E-state index in [2.05, 4.69) is 15.9 Å². The van der Waals surface area contributed by atoms with Gasteiger partial charge in [0.2, 0.25) is 11.8 Å². The molecule has 5 rings (SSSR count). The predicted octanol–water partition coefficient (Wildman–Crippen LogP) is 2.01. The van der Waals surface area contributed by atoms with Crippen LogP contribution in [0.5, 0.6) is 5.75 Å². The van der Waals surface area contributed by atoms with Crippen LogP contribution in [0.1, 0.15) is 6.92 Å². The van der Waals surface area contributed by atoms with Crippen molar-refractivity contribution in [2.45, 2.75) is 6.92 Å². The highest BCUT2D eigenvalue weighted by molar-refractivity contribution is 5.61. The van der Waals surface area contributed by atoms with Gasteiger partial charge < -0.3 is 33.8 Å². The van der Waals surface area contributed by atoms with Crippen molar-refractivity contribution in [3.8, 4) is 5.75 Å². The van der Waals surface area contributed by atoms with Gasteiger partial charge in [-0.2, -0.15) is 14.4 Å². The first-order valence-electron chi connectivity index (χ1n) is 12.2. The van der Waals surface area contributed by atoms with Crippen LogP contribution in [0.3, 0.4) is 0 Å². The summed E-state index contributed by atoms with van der Waals surface area (Å²) in [7, 11) is 0. The van der Waals surface area contributed by atoms with Crippen molar-refractivity contribution < 1.29 is 18.6 Å². The zero-order chi connectivity index (χ0) is 23.3. The summed E-state index contributed by atoms with van der Waals surface area (Å²) in [6.45, 7) is 10.5. The standard InChI is InChI=1S/C24H33FN6O3/c1-2-34-20-6-4-3-5-19(20)28-7-9-31(10-8-28)24-26-22(29-11-15-32-16-12-29)21(25)23(27-24)30-13-17-33-18-14-30/h3-6H,2,7-18H2,1H3. The first kappa shape index (κ1) is 22.9. The maximum absolute atomic E-state index is 15.7. The zero-order valence-electron chi connectivity index (χ0n) is 19.8. The lowest BCUT2D eigenvalue weighted by Gasteiger charge is -2.38. The molecule has 3 fully saturated rings. The fourth-order valence-corrected chi connectivity index (χ4v) is 4.67. The lowest BCUT2D eigenvalue weighted by molar-refractivity contribution is 0.121. The number of benzene rings is 1. The van der Waals surface area contributed by atoms with E-state index in [1.807, 2.05) is 34.9 Å². The van der Waals surface area contributed by atoms with E-state index in [0.29, 0.717) is 76.8 Å². The minimum absolute atomic E-state index is 0.350. The number of aromatic nitrogens is 2. The van der Waals surface area contributed by atoms with Crippen molar-refractivity contribution in [2.75, 3.05) is 105 Å². The van der Waals surface area contributed by atoms with Crippen LogP contribution < -0.4 is 24.3 Å². The average Bonchev–Trinajstić information content (AvgIpc) is 2.90. The predicted molar refractivity (Wildman–Crippen MR) is 130 cm³/mol. The molecule has 3 aliphatic heterocycles. The summed E-state index contributed by atoms with van der Waals surface area (Å²) in [5, 5.41) is 0. The number of piperazine rings is 1. The molecule has 1 aromatic carbocycles. The fraction of sp³-hybridized carbons (Fsp3) is 0.583. The lowest BCUT2D eigenvalue weighted by atomic mass is 10.2. The van der Waals surface area contributed by atoms with Crippen LogP contribution in [0.15, 0.2) is 24.3 Å². The molecule has 2 aromatic rings. The third-order valence-electron chi connectivity index (χ3n) is 6.49. The van der Waals surface area contributed by atoms with Gasteiger partial charge in [0, 0.05) is 52.4 Å². The minimum atomic E-state index is -0.350. The van der Waals surface area contributed by atoms with Crippen molar-refractivity contribution in [1.82, 2.24) is 9.97 Å². The fourth-order valence-electron chi connectivity index (χ4n) is 4.67. The molecular formula is C24H33FN6O3. The summed E-state index contributed by atoms with van der Waals surface area (Å²) in [6, 6.07) is 8.15. The molecule has 10 heteroatoms. The van der Waals surface area contributed by atoms with Crippen LogP contribution in [0.25, 0.3) is 0 Å². The second kappa shape index (κ2) is 10.6. The Morgan fingerprint density at radius 1 is 0.765 bits per heavy atom. The van der Waals surface area contributed by atoms with Gasteiger partial charge in [-0.05, 0) is 19.1 Å². The van der Waals surface area contributed by atoms with Gasteiger partial charge in [-0.15, -0.1) is 0 Å². The number of rotatable bonds is 6. The highest BCUT2D eigenvalue weighted by Gasteiger charge is 2.29. The molecule has 0 N–H and O–H groups in total. The summed E-state index contributed by atoms with van der Waals surface area (Å²) < 4.78 is 32.4. The first-order chi connectivity index (χ1) is 16.7. The van der Waals surface area contributed by atoms with Gasteiger partial charge in [-0.3, -0.25) is 0 Å². The highest BCUT2D eigenvalue weighted by atomic mass is 19.1. The SMILES string of the molecule is CCOc1ccccc1N1CCN(c2nc(N3CCOCC3)c(F)c(N3CCOCC3)n2)CC1. The van der Waals surface area contributed by atoms with E-state index in [1.165, 1.54) is 0 Å². The quantitative estimate of drug-likeness (QED) is 0.628. The first-order valence-corrected chi connectivity index (χ1v) is 12.2. The normalized spacial score (nSPS) is 19.5. The third kappa shape index (κ3) is 4.83. The second-order valence-electron chi connectivity index (χ2n) is 8.56. The summed E-state index contributed by atoms with van der Waals surface area (Å²) in [6.07, 6.45) is 0. The Morgan fingerprint density at radius 3 is 1.85 bits per heavy atom. The Bertz CT molecular complexity index is 920. The Kier molecular flexibility index (Phi) is 7.15. The van der Waals surface area contributed by atoms with Crippen LogP contribution >= 0.6 is 0 Å². The van der Waals surface area contributed by atoms with E-state index >= 15 is 4.39 Å². The van der Waals surface area contributed by atoms with E-state index in [4.69, 9.17) is 24.2 Å². The molecular weight excluding hydrogens is 439 g/mol. The third-order valence-corrected chi connectivity index (χ3v) is 6.49. The molecule has 0 atom stereocenters. The molecule has 0 unspecified atom stereocenters. The Balaban J connectivity index is 1.39. The Labute approximate surface area is 200 Å². The van der Waals surface area contributed by atoms with Gasteiger partial charge in [0.25, 0.3) is 0 Å². The molecule has 0 spiro atoms. The molecule has 1 aromatic heterocycles. The van der Waals surface area contributed by atoms with Gasteiger partial charge in [-0.25, -0.2) is 0 Å². The van der Waals surface area contributed by atoms with Gasteiger partial charge in [0.1, 0.15) is 5.75 Å². The number of anilines is 4. The van der Waals surface area contributed by atoms with Crippen LogP contribution in [0.2, 0.25) is 0 Å². The van der Waals surface area contributed by atoms with Crippen LogP contribution in [-0.4, -0.2) is 95.4 Å². The van der Waals surface area contributed by atoms with Crippen molar-refractivity contribution in [3.63, 3.8) is 0 Å². The average molecular weight is 473 g/mol. The summed E-state index contributed by atoms with van der Waals surface area (Å²) in [4.78, 5) is 17.9. The van der Waals surface area contributed by atoms with Gasteiger partial charge >= 0.3 is 0 Å². The number of nitrogens with zero attached hydrogens (tertiary/aromatic N) is 6. The van der Waals surface area contributed by atoms with E-state index in [1.54, 1.807) is 0 Å². The molecule has 0 aliphatic carbocycles. The monoisotopic (exact) mass is 472 g/mol. The number of hydrogen-bond donors (Lipinski definition) is 0. The van der Waals surface area contributed by atoms with E-state index < -0.39 is 0 Å². The number of para-hydroxylation sites is 2. The molecule has 184 valence electrons. The molecule has 0 bridgehead atoms. The van der Waals surface area contributed by atoms with Crippen LogP contribution in [-0.2, 0) is 9.47 Å². The largest absolute Gasteiger partial charge is 0.492 e. The molecule has 0 saturated carbocycles. The van der Waals surface area contributed by atoms with Crippen molar-refractivity contribution >= 4 is 23.3 Å². The summed E-state index contributed by atoms with van der Waals surface area (Å²) >= 11 is 0. The maximum atomic E-state index is 15.7. The molecule has 3 saturated heterocycles.